The molecule has 1 aromatic heterocycles. The fraction of sp³-hybridized carbons (Fsp3) is 0.250. The lowest BCUT2D eigenvalue weighted by molar-refractivity contribution is 0.415. The van der Waals surface area contributed by atoms with Crippen molar-refractivity contribution in [1.29, 1.82) is 0 Å². The van der Waals surface area contributed by atoms with Gasteiger partial charge in [0, 0.05) is 12.0 Å². The molecule has 0 radical (unpaired) electrons. The van der Waals surface area contributed by atoms with E-state index in [-0.39, 0.29) is 0 Å². The summed E-state index contributed by atoms with van der Waals surface area (Å²) >= 11 is 6.07. The zero-order valence-corrected chi connectivity index (χ0v) is 10.2. The molecule has 0 saturated carbocycles. The van der Waals surface area contributed by atoms with Crippen LogP contribution in [0.4, 0.5) is 0 Å². The average molecular weight is 253 g/mol. The minimum Gasteiger partial charge on any atom is -0.495 e. The van der Waals surface area contributed by atoms with Crippen molar-refractivity contribution in [2.24, 2.45) is 5.73 Å². The lowest BCUT2D eigenvalue weighted by Gasteiger charge is -2.05. The molecule has 2 aromatic rings. The summed E-state index contributed by atoms with van der Waals surface area (Å²) in [5.74, 6) is 1.41. The monoisotopic (exact) mass is 252 g/mol. The minimum absolute atomic E-state index is 0.520. The predicted octanol–water partition coefficient (Wildman–Crippen LogP) is 2.50. The second-order valence-corrected chi connectivity index (χ2v) is 3.92. The lowest BCUT2D eigenvalue weighted by Crippen LogP contribution is -2.02. The van der Waals surface area contributed by atoms with E-state index in [2.05, 4.69) is 4.98 Å². The molecule has 0 spiro atoms. The highest BCUT2D eigenvalue weighted by Gasteiger charge is 2.11. The fourth-order valence-electron chi connectivity index (χ4n) is 1.63. The molecule has 90 valence electrons. The molecule has 2 N–H and O–H groups in total. The fourth-order valence-corrected chi connectivity index (χ4v) is 1.89. The highest BCUT2D eigenvalue weighted by Crippen LogP contribution is 2.31. The van der Waals surface area contributed by atoms with Gasteiger partial charge in [-0.3, -0.25) is 0 Å². The van der Waals surface area contributed by atoms with Crippen LogP contribution in [0.15, 0.2) is 29.0 Å². The molecule has 0 amide bonds. The van der Waals surface area contributed by atoms with Gasteiger partial charge in [0.15, 0.2) is 6.39 Å². The van der Waals surface area contributed by atoms with Crippen LogP contribution in [0.2, 0.25) is 5.02 Å². The number of aromatic nitrogens is 1. The van der Waals surface area contributed by atoms with E-state index in [4.69, 9.17) is 26.5 Å². The molecular weight excluding hydrogens is 240 g/mol. The van der Waals surface area contributed by atoms with Crippen LogP contribution in [0.25, 0.3) is 11.3 Å². The summed E-state index contributed by atoms with van der Waals surface area (Å²) in [6, 6.07) is 5.50. The Labute approximate surface area is 104 Å². The zero-order chi connectivity index (χ0) is 12.3. The molecule has 0 aliphatic rings. The van der Waals surface area contributed by atoms with Gasteiger partial charge in [0.05, 0.1) is 12.1 Å². The summed E-state index contributed by atoms with van der Waals surface area (Å²) in [5, 5.41) is 0.548. The molecule has 17 heavy (non-hydrogen) atoms. The first kappa shape index (κ1) is 12.0. The number of hydrogen-bond acceptors (Lipinski definition) is 4. The van der Waals surface area contributed by atoms with Gasteiger partial charge in [-0.05, 0) is 24.7 Å². The molecule has 0 aliphatic heterocycles. The summed E-state index contributed by atoms with van der Waals surface area (Å²) in [5.41, 5.74) is 7.18. The van der Waals surface area contributed by atoms with E-state index in [9.17, 15) is 0 Å². The van der Waals surface area contributed by atoms with Gasteiger partial charge in [-0.25, -0.2) is 4.98 Å². The maximum absolute atomic E-state index is 6.07. The maximum atomic E-state index is 6.07. The largest absolute Gasteiger partial charge is 0.495 e. The Balaban J connectivity index is 2.39. The van der Waals surface area contributed by atoms with Crippen LogP contribution in [0.1, 0.15) is 5.76 Å². The van der Waals surface area contributed by atoms with Crippen LogP contribution in [0.3, 0.4) is 0 Å². The van der Waals surface area contributed by atoms with Gasteiger partial charge in [-0.1, -0.05) is 11.6 Å². The SMILES string of the molecule is COc1ccc(-c2ncoc2CCN)cc1Cl. The van der Waals surface area contributed by atoms with Crippen LogP contribution >= 0.6 is 11.6 Å². The normalized spacial score (nSPS) is 10.5. The van der Waals surface area contributed by atoms with E-state index in [1.54, 1.807) is 19.2 Å². The highest BCUT2D eigenvalue weighted by molar-refractivity contribution is 6.32. The quantitative estimate of drug-likeness (QED) is 0.908. The van der Waals surface area contributed by atoms with Crippen molar-refractivity contribution in [3.05, 3.63) is 35.4 Å². The Morgan fingerprint density at radius 2 is 2.29 bits per heavy atom. The van der Waals surface area contributed by atoms with E-state index in [0.29, 0.717) is 23.7 Å². The molecule has 1 heterocycles. The summed E-state index contributed by atoms with van der Waals surface area (Å²) in [7, 11) is 1.58. The molecule has 0 saturated heterocycles. The molecule has 0 aliphatic carbocycles. The topological polar surface area (TPSA) is 61.3 Å². The van der Waals surface area contributed by atoms with E-state index < -0.39 is 0 Å². The summed E-state index contributed by atoms with van der Waals surface area (Å²) in [6.45, 7) is 0.520. The number of ether oxygens (including phenoxy) is 1. The molecule has 5 heteroatoms. The Kier molecular flexibility index (Phi) is 3.66. The molecule has 0 fully saturated rings. The van der Waals surface area contributed by atoms with Crippen LogP contribution in [0.5, 0.6) is 5.75 Å². The van der Waals surface area contributed by atoms with Gasteiger partial charge in [0.2, 0.25) is 0 Å². The molecule has 4 nitrogen and oxygen atoms in total. The van der Waals surface area contributed by atoms with E-state index in [1.807, 2.05) is 6.07 Å². The zero-order valence-electron chi connectivity index (χ0n) is 9.44. The second kappa shape index (κ2) is 5.21. The third-order valence-electron chi connectivity index (χ3n) is 2.44. The van der Waals surface area contributed by atoms with Gasteiger partial charge in [-0.15, -0.1) is 0 Å². The van der Waals surface area contributed by atoms with Crippen LogP contribution in [-0.4, -0.2) is 18.6 Å². The smallest absolute Gasteiger partial charge is 0.181 e. The Hall–Kier alpha value is -1.52. The van der Waals surface area contributed by atoms with Gasteiger partial charge >= 0.3 is 0 Å². The van der Waals surface area contributed by atoms with Crippen molar-refractivity contribution in [2.45, 2.75) is 6.42 Å². The van der Waals surface area contributed by atoms with E-state index >= 15 is 0 Å². The molecular formula is C12H13ClN2O2. The van der Waals surface area contributed by atoms with E-state index in [0.717, 1.165) is 17.0 Å². The van der Waals surface area contributed by atoms with Crippen LogP contribution in [-0.2, 0) is 6.42 Å². The van der Waals surface area contributed by atoms with Crippen molar-refractivity contribution in [3.63, 3.8) is 0 Å². The number of oxazole rings is 1. The standard InChI is InChI=1S/C12H13ClN2O2/c1-16-10-3-2-8(6-9(10)13)12-11(4-5-14)17-7-15-12/h2-3,6-7H,4-5,14H2,1H3. The first-order valence-electron chi connectivity index (χ1n) is 5.22. The molecule has 0 unspecified atom stereocenters. The number of nitrogens with zero attached hydrogens (tertiary/aromatic N) is 1. The Morgan fingerprint density at radius 3 is 2.94 bits per heavy atom. The van der Waals surface area contributed by atoms with Gasteiger partial charge in [0.1, 0.15) is 17.2 Å². The van der Waals surface area contributed by atoms with Gasteiger partial charge in [0.25, 0.3) is 0 Å². The first-order chi connectivity index (χ1) is 8.26. The summed E-state index contributed by atoms with van der Waals surface area (Å²) < 4.78 is 10.4. The number of benzene rings is 1. The second-order valence-electron chi connectivity index (χ2n) is 3.51. The van der Waals surface area contributed by atoms with Crippen molar-refractivity contribution < 1.29 is 9.15 Å². The van der Waals surface area contributed by atoms with Gasteiger partial charge in [-0.2, -0.15) is 0 Å². The van der Waals surface area contributed by atoms with Crippen LogP contribution in [0, 0.1) is 0 Å². The lowest BCUT2D eigenvalue weighted by atomic mass is 10.1. The molecule has 0 atom stereocenters. The third-order valence-corrected chi connectivity index (χ3v) is 2.73. The first-order valence-corrected chi connectivity index (χ1v) is 5.60. The van der Waals surface area contributed by atoms with E-state index in [1.165, 1.54) is 6.39 Å². The highest BCUT2D eigenvalue weighted by atomic mass is 35.5. The number of halogens is 1. The Morgan fingerprint density at radius 1 is 1.47 bits per heavy atom. The molecule has 1 aromatic carbocycles. The number of rotatable bonds is 4. The molecule has 0 bridgehead atoms. The van der Waals surface area contributed by atoms with Crippen molar-refractivity contribution in [2.75, 3.05) is 13.7 Å². The predicted molar refractivity (Wildman–Crippen MR) is 66.3 cm³/mol. The van der Waals surface area contributed by atoms with Gasteiger partial charge < -0.3 is 14.9 Å². The maximum Gasteiger partial charge on any atom is 0.181 e. The van der Waals surface area contributed by atoms with Crippen molar-refractivity contribution in [1.82, 2.24) is 4.98 Å². The number of methoxy groups -OCH3 is 1. The summed E-state index contributed by atoms with van der Waals surface area (Å²) in [4.78, 5) is 4.18. The van der Waals surface area contributed by atoms with Crippen molar-refractivity contribution in [3.8, 4) is 17.0 Å². The third kappa shape index (κ3) is 2.43. The molecule has 2 rings (SSSR count). The number of hydrogen-bond donors (Lipinski definition) is 1. The summed E-state index contributed by atoms with van der Waals surface area (Å²) in [6.07, 6.45) is 2.07. The van der Waals surface area contributed by atoms with Crippen molar-refractivity contribution >= 4 is 11.6 Å². The Bertz CT molecular complexity index is 511. The average Bonchev–Trinajstić information content (AvgIpc) is 2.78. The minimum atomic E-state index is 0.520. The number of nitrogens with two attached hydrogens (primary N) is 1. The van der Waals surface area contributed by atoms with Crippen LogP contribution < -0.4 is 10.5 Å².